The minimum Gasteiger partial charge on any atom is -0.490 e. The second-order valence-corrected chi connectivity index (χ2v) is 3.36. The van der Waals surface area contributed by atoms with E-state index in [0.717, 1.165) is 37.7 Å². The fourth-order valence-corrected chi connectivity index (χ4v) is 1.52. The molecule has 0 saturated heterocycles. The summed E-state index contributed by atoms with van der Waals surface area (Å²) in [5, 5.41) is 3.11. The maximum Gasteiger partial charge on any atom is 0.161 e. The number of rotatable bonds is 2. The van der Waals surface area contributed by atoms with Gasteiger partial charge in [0.15, 0.2) is 11.5 Å². The highest BCUT2D eigenvalue weighted by molar-refractivity contribution is 5.43. The first-order chi connectivity index (χ1) is 6.90. The highest BCUT2D eigenvalue weighted by Crippen LogP contribution is 2.30. The lowest BCUT2D eigenvalue weighted by atomic mass is 10.2. The second-order valence-electron chi connectivity index (χ2n) is 3.36. The third kappa shape index (κ3) is 1.99. The van der Waals surface area contributed by atoms with Gasteiger partial charge in [-0.05, 0) is 24.7 Å². The number of fused-ring (bicyclic) bond motifs is 1. The van der Waals surface area contributed by atoms with Crippen molar-refractivity contribution in [1.29, 1.82) is 0 Å². The quantitative estimate of drug-likeness (QED) is 0.773. The molecule has 0 unspecified atom stereocenters. The number of hydrogen-bond acceptors (Lipinski definition) is 3. The van der Waals surface area contributed by atoms with E-state index in [1.165, 1.54) is 5.56 Å². The molecule has 0 aromatic heterocycles. The lowest BCUT2D eigenvalue weighted by molar-refractivity contribution is 0.297. The van der Waals surface area contributed by atoms with Crippen LogP contribution in [0.4, 0.5) is 0 Å². The van der Waals surface area contributed by atoms with E-state index >= 15 is 0 Å². The van der Waals surface area contributed by atoms with Crippen LogP contribution in [0.15, 0.2) is 18.2 Å². The van der Waals surface area contributed by atoms with Gasteiger partial charge in [0.25, 0.3) is 0 Å². The monoisotopic (exact) mass is 193 g/mol. The first-order valence-electron chi connectivity index (χ1n) is 4.93. The van der Waals surface area contributed by atoms with Crippen molar-refractivity contribution in [3.8, 4) is 11.5 Å². The van der Waals surface area contributed by atoms with Gasteiger partial charge in [-0.15, -0.1) is 0 Å². The Labute approximate surface area is 84.0 Å². The minimum absolute atomic E-state index is 0.746. The Bertz CT molecular complexity index is 312. The molecule has 76 valence electrons. The van der Waals surface area contributed by atoms with Crippen LogP contribution in [0, 0.1) is 0 Å². The van der Waals surface area contributed by atoms with Crippen LogP contribution in [0.5, 0.6) is 11.5 Å². The summed E-state index contributed by atoms with van der Waals surface area (Å²) in [7, 11) is 1.93. The Morgan fingerprint density at radius 2 is 2.00 bits per heavy atom. The van der Waals surface area contributed by atoms with Crippen molar-refractivity contribution in [2.75, 3.05) is 20.3 Å². The number of nitrogens with one attached hydrogen (secondary N) is 1. The van der Waals surface area contributed by atoms with Crippen molar-refractivity contribution >= 4 is 0 Å². The van der Waals surface area contributed by atoms with E-state index < -0.39 is 0 Å². The summed E-state index contributed by atoms with van der Waals surface area (Å²) in [5.74, 6) is 1.73. The average molecular weight is 193 g/mol. The Balaban J connectivity index is 2.23. The molecule has 1 N–H and O–H groups in total. The van der Waals surface area contributed by atoms with Crippen LogP contribution in [0.1, 0.15) is 12.0 Å². The summed E-state index contributed by atoms with van der Waals surface area (Å²) >= 11 is 0. The summed E-state index contributed by atoms with van der Waals surface area (Å²) in [6.45, 7) is 2.35. The van der Waals surface area contributed by atoms with Crippen molar-refractivity contribution in [2.45, 2.75) is 13.0 Å². The minimum atomic E-state index is 0.746. The molecular formula is C11H15NO2. The third-order valence-corrected chi connectivity index (χ3v) is 2.19. The molecule has 3 heteroatoms. The zero-order chi connectivity index (χ0) is 9.80. The van der Waals surface area contributed by atoms with Gasteiger partial charge in [-0.2, -0.15) is 0 Å². The van der Waals surface area contributed by atoms with Crippen LogP contribution in [0.25, 0.3) is 0 Å². The van der Waals surface area contributed by atoms with Crippen molar-refractivity contribution in [2.24, 2.45) is 0 Å². The van der Waals surface area contributed by atoms with Crippen LogP contribution in [-0.4, -0.2) is 20.3 Å². The van der Waals surface area contributed by atoms with Gasteiger partial charge < -0.3 is 14.8 Å². The molecule has 0 saturated carbocycles. The number of hydrogen-bond donors (Lipinski definition) is 1. The van der Waals surface area contributed by atoms with E-state index in [1.807, 2.05) is 19.2 Å². The van der Waals surface area contributed by atoms with Crippen molar-refractivity contribution in [3.63, 3.8) is 0 Å². The topological polar surface area (TPSA) is 30.5 Å². The second kappa shape index (κ2) is 4.33. The predicted molar refractivity (Wildman–Crippen MR) is 54.8 cm³/mol. The van der Waals surface area contributed by atoms with Crippen LogP contribution in [0.3, 0.4) is 0 Å². The summed E-state index contributed by atoms with van der Waals surface area (Å²) in [6.07, 6.45) is 0.954. The van der Waals surface area contributed by atoms with Crippen molar-refractivity contribution in [1.82, 2.24) is 5.32 Å². The fraction of sp³-hybridized carbons (Fsp3) is 0.455. The smallest absolute Gasteiger partial charge is 0.161 e. The van der Waals surface area contributed by atoms with Crippen molar-refractivity contribution in [3.05, 3.63) is 23.8 Å². The maximum absolute atomic E-state index is 5.58. The first kappa shape index (κ1) is 9.34. The molecular weight excluding hydrogens is 178 g/mol. The highest BCUT2D eigenvalue weighted by atomic mass is 16.5. The van der Waals surface area contributed by atoms with Gasteiger partial charge in [0.1, 0.15) is 0 Å². The standard InChI is InChI=1S/C11H15NO2/c1-12-8-9-3-4-10-11(7-9)14-6-2-5-13-10/h3-4,7,12H,2,5-6,8H2,1H3. The molecule has 2 rings (SSSR count). The van der Waals surface area contributed by atoms with Crippen LogP contribution < -0.4 is 14.8 Å². The third-order valence-electron chi connectivity index (χ3n) is 2.19. The maximum atomic E-state index is 5.58. The molecule has 1 aliphatic heterocycles. The molecule has 0 bridgehead atoms. The van der Waals surface area contributed by atoms with Gasteiger partial charge in [-0.3, -0.25) is 0 Å². The average Bonchev–Trinajstić information content (AvgIpc) is 2.42. The van der Waals surface area contributed by atoms with Gasteiger partial charge >= 0.3 is 0 Å². The van der Waals surface area contributed by atoms with E-state index in [1.54, 1.807) is 0 Å². The first-order valence-corrected chi connectivity index (χ1v) is 4.93. The van der Waals surface area contributed by atoms with E-state index in [9.17, 15) is 0 Å². The molecule has 0 radical (unpaired) electrons. The Morgan fingerprint density at radius 3 is 2.79 bits per heavy atom. The number of benzene rings is 1. The molecule has 0 atom stereocenters. The molecule has 3 nitrogen and oxygen atoms in total. The number of ether oxygens (including phenoxy) is 2. The summed E-state index contributed by atoms with van der Waals surface area (Å²) in [5.41, 5.74) is 1.22. The Morgan fingerprint density at radius 1 is 1.21 bits per heavy atom. The van der Waals surface area contributed by atoms with Crippen molar-refractivity contribution < 1.29 is 9.47 Å². The summed E-state index contributed by atoms with van der Waals surface area (Å²) < 4.78 is 11.1. The SMILES string of the molecule is CNCc1ccc2c(c1)OCCCO2. The fourth-order valence-electron chi connectivity index (χ4n) is 1.52. The van der Waals surface area contributed by atoms with E-state index in [-0.39, 0.29) is 0 Å². The molecule has 0 fully saturated rings. The molecule has 14 heavy (non-hydrogen) atoms. The van der Waals surface area contributed by atoms with Gasteiger partial charge in [0.05, 0.1) is 13.2 Å². The lowest BCUT2D eigenvalue weighted by Gasteiger charge is -2.08. The lowest BCUT2D eigenvalue weighted by Crippen LogP contribution is -2.05. The highest BCUT2D eigenvalue weighted by Gasteiger charge is 2.09. The Kier molecular flexibility index (Phi) is 2.89. The molecule has 0 aliphatic carbocycles. The van der Waals surface area contributed by atoms with Gasteiger partial charge in [0.2, 0.25) is 0 Å². The van der Waals surface area contributed by atoms with Gasteiger partial charge in [-0.1, -0.05) is 6.07 Å². The molecule has 0 spiro atoms. The largest absolute Gasteiger partial charge is 0.490 e. The summed E-state index contributed by atoms with van der Waals surface area (Å²) in [6, 6.07) is 6.08. The van der Waals surface area contributed by atoms with E-state index in [0.29, 0.717) is 0 Å². The van der Waals surface area contributed by atoms with Gasteiger partial charge in [0, 0.05) is 13.0 Å². The van der Waals surface area contributed by atoms with E-state index in [4.69, 9.17) is 9.47 Å². The summed E-state index contributed by atoms with van der Waals surface area (Å²) in [4.78, 5) is 0. The van der Waals surface area contributed by atoms with Crippen LogP contribution >= 0.6 is 0 Å². The van der Waals surface area contributed by atoms with Crippen LogP contribution in [-0.2, 0) is 6.54 Å². The molecule has 1 aliphatic rings. The molecule has 1 aromatic carbocycles. The van der Waals surface area contributed by atoms with Crippen LogP contribution in [0.2, 0.25) is 0 Å². The predicted octanol–water partition coefficient (Wildman–Crippen LogP) is 1.57. The zero-order valence-electron chi connectivity index (χ0n) is 8.38. The normalized spacial score (nSPS) is 14.9. The van der Waals surface area contributed by atoms with E-state index in [2.05, 4.69) is 11.4 Å². The molecule has 1 aromatic rings. The van der Waals surface area contributed by atoms with Gasteiger partial charge in [-0.25, -0.2) is 0 Å². The zero-order valence-corrected chi connectivity index (χ0v) is 8.38. The Hall–Kier alpha value is -1.22. The molecule has 0 amide bonds. The molecule has 1 heterocycles.